The molecule has 0 rings (SSSR count). The van der Waals surface area contributed by atoms with Crippen molar-refractivity contribution in [2.75, 3.05) is 33.5 Å². The van der Waals surface area contributed by atoms with E-state index in [1.54, 1.807) is 7.11 Å². The lowest BCUT2D eigenvalue weighted by molar-refractivity contribution is -0.132. The van der Waals surface area contributed by atoms with Crippen LogP contribution in [0.25, 0.3) is 0 Å². The van der Waals surface area contributed by atoms with Crippen molar-refractivity contribution >= 4 is 5.91 Å². The lowest BCUT2D eigenvalue weighted by atomic mass is 9.74. The maximum absolute atomic E-state index is 12.0. The van der Waals surface area contributed by atoms with E-state index >= 15 is 0 Å². The zero-order valence-corrected chi connectivity index (χ0v) is 13.0. The molecule has 114 valence electrons. The van der Waals surface area contributed by atoms with E-state index in [0.717, 1.165) is 12.8 Å². The van der Waals surface area contributed by atoms with Crippen molar-refractivity contribution in [1.82, 2.24) is 5.32 Å². The lowest BCUT2D eigenvalue weighted by Crippen LogP contribution is -2.55. The first-order valence-corrected chi connectivity index (χ1v) is 6.87. The number of amides is 1. The van der Waals surface area contributed by atoms with Crippen LogP contribution in [0.1, 0.15) is 40.5 Å². The van der Waals surface area contributed by atoms with E-state index in [1.807, 2.05) is 27.7 Å². The van der Waals surface area contributed by atoms with Gasteiger partial charge in [0.25, 0.3) is 0 Å². The van der Waals surface area contributed by atoms with E-state index in [9.17, 15) is 4.79 Å². The van der Waals surface area contributed by atoms with Crippen molar-refractivity contribution in [3.63, 3.8) is 0 Å². The minimum absolute atomic E-state index is 0.000279. The first-order valence-electron chi connectivity index (χ1n) is 6.87. The highest BCUT2D eigenvalue weighted by Gasteiger charge is 2.39. The first kappa shape index (κ1) is 18.4. The van der Waals surface area contributed by atoms with Crippen LogP contribution in [0.2, 0.25) is 0 Å². The number of unbranched alkanes of at least 4 members (excludes halogenated alkanes) is 1. The highest BCUT2D eigenvalue weighted by atomic mass is 16.5. The monoisotopic (exact) mass is 274 g/mol. The molecule has 0 bridgehead atoms. The summed E-state index contributed by atoms with van der Waals surface area (Å²) in [6.07, 6.45) is 1.83. The molecule has 5 heteroatoms. The van der Waals surface area contributed by atoms with Gasteiger partial charge in [-0.05, 0) is 40.5 Å². The summed E-state index contributed by atoms with van der Waals surface area (Å²) in [5.74, 6) is 0.000279. The van der Waals surface area contributed by atoms with Gasteiger partial charge in [-0.3, -0.25) is 4.79 Å². The number of methoxy groups -OCH3 is 1. The van der Waals surface area contributed by atoms with Gasteiger partial charge in [0.05, 0.1) is 18.6 Å². The number of carbonyl (C=O) groups excluding carboxylic acids is 1. The fraction of sp³-hybridized carbons (Fsp3) is 0.929. The van der Waals surface area contributed by atoms with Crippen LogP contribution in [0.4, 0.5) is 0 Å². The molecule has 19 heavy (non-hydrogen) atoms. The average molecular weight is 274 g/mol. The Bertz CT molecular complexity index is 260. The van der Waals surface area contributed by atoms with Gasteiger partial charge in [-0.1, -0.05) is 0 Å². The van der Waals surface area contributed by atoms with E-state index in [2.05, 4.69) is 5.32 Å². The fourth-order valence-electron chi connectivity index (χ4n) is 1.29. The molecule has 0 aromatic rings. The summed E-state index contributed by atoms with van der Waals surface area (Å²) >= 11 is 0. The molecule has 0 unspecified atom stereocenters. The molecule has 0 heterocycles. The molecule has 0 aliphatic heterocycles. The predicted molar refractivity (Wildman–Crippen MR) is 77.0 cm³/mol. The largest absolute Gasteiger partial charge is 0.382 e. The van der Waals surface area contributed by atoms with Crippen molar-refractivity contribution in [1.29, 1.82) is 0 Å². The van der Waals surface area contributed by atoms with Gasteiger partial charge in [0.15, 0.2) is 0 Å². The maximum Gasteiger partial charge on any atom is 0.227 e. The summed E-state index contributed by atoms with van der Waals surface area (Å²) in [6, 6.07) is 0. The minimum atomic E-state index is -0.581. The fourth-order valence-corrected chi connectivity index (χ4v) is 1.29. The zero-order valence-electron chi connectivity index (χ0n) is 13.0. The van der Waals surface area contributed by atoms with Crippen molar-refractivity contribution in [3.8, 4) is 0 Å². The van der Waals surface area contributed by atoms with Gasteiger partial charge in [-0.2, -0.15) is 0 Å². The number of nitrogens with one attached hydrogen (secondary N) is 1. The number of carbonyl (C=O) groups is 1. The molecule has 0 fully saturated rings. The topological polar surface area (TPSA) is 73.6 Å². The van der Waals surface area contributed by atoms with Crippen LogP contribution in [0.3, 0.4) is 0 Å². The van der Waals surface area contributed by atoms with Crippen molar-refractivity contribution in [2.24, 2.45) is 11.1 Å². The molecule has 0 aromatic carbocycles. The number of hydrogen-bond acceptors (Lipinski definition) is 4. The van der Waals surface area contributed by atoms with Crippen LogP contribution in [-0.2, 0) is 14.3 Å². The van der Waals surface area contributed by atoms with Gasteiger partial charge in [-0.15, -0.1) is 0 Å². The Morgan fingerprint density at radius 2 is 1.74 bits per heavy atom. The molecule has 0 radical (unpaired) electrons. The second-order valence-corrected chi connectivity index (χ2v) is 5.91. The Labute approximate surface area is 117 Å². The van der Waals surface area contributed by atoms with Gasteiger partial charge in [0.2, 0.25) is 5.91 Å². The van der Waals surface area contributed by atoms with Crippen LogP contribution in [-0.4, -0.2) is 44.9 Å². The molecule has 0 atom stereocenters. The van der Waals surface area contributed by atoms with Crippen LogP contribution in [0.5, 0.6) is 0 Å². The molecular weight excluding hydrogens is 244 g/mol. The summed E-state index contributed by atoms with van der Waals surface area (Å²) in [5.41, 5.74) is 4.90. The van der Waals surface area contributed by atoms with Crippen LogP contribution >= 0.6 is 0 Å². The molecule has 0 aromatic heterocycles. The Balaban J connectivity index is 3.70. The van der Waals surface area contributed by atoms with E-state index < -0.39 is 11.0 Å². The second kappa shape index (κ2) is 8.51. The molecule has 1 amide bonds. The highest BCUT2D eigenvalue weighted by molar-refractivity contribution is 5.83. The van der Waals surface area contributed by atoms with Crippen LogP contribution in [0, 0.1) is 5.41 Å². The summed E-state index contributed by atoms with van der Waals surface area (Å²) in [6.45, 7) is 10.1. The average Bonchev–Trinajstić information content (AvgIpc) is 2.30. The number of ether oxygens (including phenoxy) is 2. The Hall–Kier alpha value is -0.650. The third-order valence-corrected chi connectivity index (χ3v) is 3.61. The predicted octanol–water partition coefficient (Wildman–Crippen LogP) is 1.31. The quantitative estimate of drug-likeness (QED) is 0.589. The normalized spacial score (nSPS) is 12.5. The lowest BCUT2D eigenvalue weighted by Gasteiger charge is -2.36. The molecule has 5 nitrogen and oxygen atoms in total. The van der Waals surface area contributed by atoms with E-state index in [0.29, 0.717) is 26.4 Å². The summed E-state index contributed by atoms with van der Waals surface area (Å²) in [5, 5.41) is 2.93. The summed E-state index contributed by atoms with van der Waals surface area (Å²) in [4.78, 5) is 12.0. The van der Waals surface area contributed by atoms with Gasteiger partial charge >= 0.3 is 0 Å². The zero-order chi connectivity index (χ0) is 14.9. The van der Waals surface area contributed by atoms with E-state index in [1.165, 1.54) is 0 Å². The number of rotatable bonds is 10. The van der Waals surface area contributed by atoms with Gasteiger partial charge < -0.3 is 20.5 Å². The van der Waals surface area contributed by atoms with Crippen molar-refractivity contribution in [2.45, 2.75) is 46.1 Å². The Kier molecular flexibility index (Phi) is 8.22. The third kappa shape index (κ3) is 6.89. The minimum Gasteiger partial charge on any atom is -0.382 e. The number of hydrogen-bond donors (Lipinski definition) is 2. The molecular formula is C14H30N2O3. The summed E-state index contributed by atoms with van der Waals surface area (Å²) < 4.78 is 10.2. The second-order valence-electron chi connectivity index (χ2n) is 5.91. The van der Waals surface area contributed by atoms with Crippen molar-refractivity contribution < 1.29 is 14.3 Å². The van der Waals surface area contributed by atoms with Crippen LogP contribution in [0.15, 0.2) is 0 Å². The van der Waals surface area contributed by atoms with Crippen molar-refractivity contribution in [3.05, 3.63) is 0 Å². The SMILES string of the molecule is COCCOCCCCNC(=O)C(C)(C)C(C)(C)N. The van der Waals surface area contributed by atoms with E-state index in [-0.39, 0.29) is 5.91 Å². The molecule has 0 spiro atoms. The number of nitrogens with two attached hydrogens (primary N) is 1. The third-order valence-electron chi connectivity index (χ3n) is 3.61. The van der Waals surface area contributed by atoms with Gasteiger partial charge in [0.1, 0.15) is 0 Å². The summed E-state index contributed by atoms with van der Waals surface area (Å²) in [7, 11) is 1.65. The smallest absolute Gasteiger partial charge is 0.227 e. The van der Waals surface area contributed by atoms with Gasteiger partial charge in [0, 0.05) is 25.8 Å². The highest BCUT2D eigenvalue weighted by Crippen LogP contribution is 2.28. The van der Waals surface area contributed by atoms with Gasteiger partial charge in [-0.25, -0.2) is 0 Å². The van der Waals surface area contributed by atoms with E-state index in [4.69, 9.17) is 15.2 Å². The molecule has 0 aliphatic carbocycles. The standard InChI is InChI=1S/C14H30N2O3/c1-13(2,14(3,4)15)12(17)16-8-6-7-9-19-11-10-18-5/h6-11,15H2,1-5H3,(H,16,17). The molecule has 0 saturated heterocycles. The Morgan fingerprint density at radius 3 is 2.26 bits per heavy atom. The molecule has 0 aliphatic rings. The first-order chi connectivity index (χ1) is 8.73. The Morgan fingerprint density at radius 1 is 1.11 bits per heavy atom. The molecule has 3 N–H and O–H groups in total. The molecule has 0 saturated carbocycles. The van der Waals surface area contributed by atoms with Crippen LogP contribution < -0.4 is 11.1 Å². The maximum atomic E-state index is 12.0.